The fraction of sp³-hybridized carbons (Fsp3) is 0.500. The van der Waals surface area contributed by atoms with E-state index in [-0.39, 0.29) is 5.91 Å². The highest BCUT2D eigenvalue weighted by atomic mass is 32.2. The smallest absolute Gasteiger partial charge is 0.254 e. The summed E-state index contributed by atoms with van der Waals surface area (Å²) in [5.41, 5.74) is 2.94. The molecular formula is C22H32N5OS+. The molecule has 1 aliphatic rings. The first-order valence-electron chi connectivity index (χ1n) is 10.2. The monoisotopic (exact) mass is 414 g/mol. The lowest BCUT2D eigenvalue weighted by Gasteiger charge is -2.30. The van der Waals surface area contributed by atoms with Gasteiger partial charge in [0.25, 0.3) is 5.91 Å². The van der Waals surface area contributed by atoms with E-state index in [0.717, 1.165) is 59.7 Å². The zero-order valence-electron chi connectivity index (χ0n) is 18.1. The average molecular weight is 415 g/mol. The molecule has 1 aromatic carbocycles. The minimum atomic E-state index is 0.136. The van der Waals surface area contributed by atoms with Crippen LogP contribution >= 0.6 is 11.8 Å². The van der Waals surface area contributed by atoms with E-state index in [4.69, 9.17) is 4.98 Å². The standard InChI is InChI=1S/C22H31N5OS/c1-16(2)19-14-20(25(3)4)24-22(23-19)29-15-17-7-6-8-18(13-17)21(28)27-11-9-26(5)10-12-27/h6-8,13-14,16H,9-12,15H2,1-5H3/p+1. The lowest BCUT2D eigenvalue weighted by Crippen LogP contribution is -3.12. The van der Waals surface area contributed by atoms with Crippen LogP contribution < -0.4 is 9.80 Å². The highest BCUT2D eigenvalue weighted by Gasteiger charge is 2.22. The fourth-order valence-electron chi connectivity index (χ4n) is 3.24. The number of nitrogens with zero attached hydrogens (tertiary/aromatic N) is 4. The summed E-state index contributed by atoms with van der Waals surface area (Å²) in [6.45, 7) is 7.97. The van der Waals surface area contributed by atoms with Gasteiger partial charge in [-0.25, -0.2) is 9.97 Å². The molecule has 1 fully saturated rings. The number of carbonyl (C=O) groups excluding carboxylic acids is 1. The lowest BCUT2D eigenvalue weighted by molar-refractivity contribution is -0.883. The van der Waals surface area contributed by atoms with E-state index in [9.17, 15) is 4.79 Å². The molecule has 3 rings (SSSR count). The van der Waals surface area contributed by atoms with Crippen molar-refractivity contribution in [3.8, 4) is 0 Å². The molecule has 1 N–H and O–H groups in total. The molecule has 1 amide bonds. The maximum Gasteiger partial charge on any atom is 0.254 e. The predicted octanol–water partition coefficient (Wildman–Crippen LogP) is 1.93. The minimum Gasteiger partial charge on any atom is -0.363 e. The summed E-state index contributed by atoms with van der Waals surface area (Å²) in [6.07, 6.45) is 0. The van der Waals surface area contributed by atoms with Crippen molar-refractivity contribution in [3.63, 3.8) is 0 Å². The summed E-state index contributed by atoms with van der Waals surface area (Å²) in [5, 5.41) is 0.777. The number of quaternary nitrogens is 1. The second-order valence-electron chi connectivity index (χ2n) is 8.22. The van der Waals surface area contributed by atoms with Crippen molar-refractivity contribution < 1.29 is 9.69 Å². The van der Waals surface area contributed by atoms with Crippen LogP contribution in [0.5, 0.6) is 0 Å². The second kappa shape index (κ2) is 9.59. The topological polar surface area (TPSA) is 53.8 Å². The van der Waals surface area contributed by atoms with Crippen molar-refractivity contribution in [3.05, 3.63) is 47.2 Å². The Balaban J connectivity index is 1.70. The average Bonchev–Trinajstić information content (AvgIpc) is 2.72. The highest BCUT2D eigenvalue weighted by molar-refractivity contribution is 7.98. The Labute approximate surface area is 178 Å². The number of piperazine rings is 1. The molecule has 1 aromatic heterocycles. The number of nitrogens with one attached hydrogen (secondary N) is 1. The van der Waals surface area contributed by atoms with E-state index in [1.807, 2.05) is 48.2 Å². The Kier molecular flexibility index (Phi) is 7.14. The second-order valence-corrected chi connectivity index (χ2v) is 9.16. The number of amides is 1. The van der Waals surface area contributed by atoms with Gasteiger partial charge in [-0.15, -0.1) is 0 Å². The van der Waals surface area contributed by atoms with Crippen LogP contribution in [0.2, 0.25) is 0 Å². The van der Waals surface area contributed by atoms with Gasteiger partial charge in [0.05, 0.1) is 33.2 Å². The molecule has 6 nitrogen and oxygen atoms in total. The number of benzene rings is 1. The Bertz CT molecular complexity index is 821. The fourth-order valence-corrected chi connectivity index (χ4v) is 4.04. The van der Waals surface area contributed by atoms with Crippen molar-refractivity contribution in [2.75, 3.05) is 52.2 Å². The van der Waals surface area contributed by atoms with Crippen LogP contribution in [0.3, 0.4) is 0 Å². The van der Waals surface area contributed by atoms with Gasteiger partial charge in [0, 0.05) is 37.2 Å². The summed E-state index contributed by atoms with van der Waals surface area (Å²) in [7, 11) is 6.17. The summed E-state index contributed by atoms with van der Waals surface area (Å²) in [5.74, 6) is 2.15. The molecule has 2 heterocycles. The molecule has 1 saturated heterocycles. The molecule has 0 bridgehead atoms. The number of aromatic nitrogens is 2. The van der Waals surface area contributed by atoms with Crippen molar-refractivity contribution in [1.82, 2.24) is 14.9 Å². The third-order valence-electron chi connectivity index (χ3n) is 5.21. The lowest BCUT2D eigenvalue weighted by atomic mass is 10.1. The van der Waals surface area contributed by atoms with Crippen molar-refractivity contribution in [1.29, 1.82) is 0 Å². The third kappa shape index (κ3) is 5.70. The van der Waals surface area contributed by atoms with E-state index in [2.05, 4.69) is 31.9 Å². The summed E-state index contributed by atoms with van der Waals surface area (Å²) >= 11 is 1.62. The van der Waals surface area contributed by atoms with Gasteiger partial charge in [-0.05, 0) is 23.6 Å². The van der Waals surface area contributed by atoms with Crippen LogP contribution in [0.15, 0.2) is 35.5 Å². The van der Waals surface area contributed by atoms with Crippen LogP contribution in [0, 0.1) is 0 Å². The first-order chi connectivity index (χ1) is 13.8. The van der Waals surface area contributed by atoms with E-state index >= 15 is 0 Å². The van der Waals surface area contributed by atoms with Crippen molar-refractivity contribution >= 4 is 23.5 Å². The van der Waals surface area contributed by atoms with Gasteiger partial charge in [-0.2, -0.15) is 0 Å². The van der Waals surface area contributed by atoms with E-state index in [1.165, 1.54) is 4.90 Å². The Morgan fingerprint density at radius 3 is 2.59 bits per heavy atom. The minimum absolute atomic E-state index is 0.136. The van der Waals surface area contributed by atoms with Crippen LogP contribution in [-0.2, 0) is 5.75 Å². The Hall–Kier alpha value is -2.12. The third-order valence-corrected chi connectivity index (χ3v) is 6.13. The van der Waals surface area contributed by atoms with E-state index in [1.54, 1.807) is 11.8 Å². The summed E-state index contributed by atoms with van der Waals surface area (Å²) in [6, 6.07) is 10.0. The highest BCUT2D eigenvalue weighted by Crippen LogP contribution is 2.25. The number of likely N-dealkylation sites (N-methyl/N-ethyl adjacent to an activating group) is 1. The van der Waals surface area contributed by atoms with E-state index in [0.29, 0.717) is 5.92 Å². The number of hydrogen-bond acceptors (Lipinski definition) is 5. The molecule has 0 spiro atoms. The first-order valence-corrected chi connectivity index (χ1v) is 11.2. The Morgan fingerprint density at radius 2 is 1.93 bits per heavy atom. The predicted molar refractivity (Wildman–Crippen MR) is 119 cm³/mol. The van der Waals surface area contributed by atoms with Crippen LogP contribution in [0.4, 0.5) is 5.82 Å². The first kappa shape index (κ1) is 21.6. The van der Waals surface area contributed by atoms with Gasteiger partial charge >= 0.3 is 0 Å². The number of anilines is 1. The quantitative estimate of drug-likeness (QED) is 0.578. The van der Waals surface area contributed by atoms with Crippen LogP contribution in [0.1, 0.15) is 41.4 Å². The molecule has 7 heteroatoms. The summed E-state index contributed by atoms with van der Waals surface area (Å²) in [4.78, 5) is 27.7. The molecule has 29 heavy (non-hydrogen) atoms. The zero-order chi connectivity index (χ0) is 21.0. The molecule has 0 radical (unpaired) electrons. The maximum absolute atomic E-state index is 12.9. The Morgan fingerprint density at radius 1 is 1.21 bits per heavy atom. The van der Waals surface area contributed by atoms with Gasteiger partial charge in [0.15, 0.2) is 5.16 Å². The molecule has 1 aliphatic heterocycles. The van der Waals surface area contributed by atoms with Gasteiger partial charge in [-0.1, -0.05) is 37.7 Å². The zero-order valence-corrected chi connectivity index (χ0v) is 18.9. The van der Waals surface area contributed by atoms with Crippen molar-refractivity contribution in [2.24, 2.45) is 0 Å². The molecule has 0 unspecified atom stereocenters. The van der Waals surface area contributed by atoms with Gasteiger partial charge in [0.2, 0.25) is 0 Å². The van der Waals surface area contributed by atoms with Crippen molar-refractivity contribution in [2.45, 2.75) is 30.7 Å². The molecule has 0 saturated carbocycles. The molecule has 156 valence electrons. The van der Waals surface area contributed by atoms with Gasteiger partial charge in [0.1, 0.15) is 5.82 Å². The number of rotatable bonds is 6. The van der Waals surface area contributed by atoms with Gasteiger partial charge in [-0.3, -0.25) is 4.79 Å². The van der Waals surface area contributed by atoms with Crippen LogP contribution in [0.25, 0.3) is 0 Å². The molecule has 0 atom stereocenters. The summed E-state index contributed by atoms with van der Waals surface area (Å²) < 4.78 is 0. The largest absolute Gasteiger partial charge is 0.363 e. The SMILES string of the molecule is CC(C)c1cc(N(C)C)nc(SCc2cccc(C(=O)N3CC[NH+](C)CC3)c2)n1. The number of hydrogen-bond donors (Lipinski definition) is 1. The molecular weight excluding hydrogens is 382 g/mol. The number of thioether (sulfide) groups is 1. The molecule has 2 aromatic rings. The van der Waals surface area contributed by atoms with E-state index < -0.39 is 0 Å². The van der Waals surface area contributed by atoms with Crippen LogP contribution in [-0.4, -0.2) is 68.1 Å². The van der Waals surface area contributed by atoms with Gasteiger partial charge < -0.3 is 14.7 Å². The number of carbonyl (C=O) groups is 1. The molecule has 0 aliphatic carbocycles. The normalized spacial score (nSPS) is 15.0. The maximum atomic E-state index is 12.9.